The van der Waals surface area contributed by atoms with E-state index in [1.54, 1.807) is 7.05 Å². The molecule has 1 aliphatic carbocycles. The summed E-state index contributed by atoms with van der Waals surface area (Å²) in [5, 5.41) is 3.39. The van der Waals surface area contributed by atoms with E-state index in [9.17, 15) is 8.42 Å². The Morgan fingerprint density at radius 2 is 2.05 bits per heavy atom. The van der Waals surface area contributed by atoms with Crippen molar-refractivity contribution in [1.82, 2.24) is 9.62 Å². The first kappa shape index (κ1) is 16.2. The van der Waals surface area contributed by atoms with Crippen molar-refractivity contribution < 1.29 is 13.2 Å². The molecule has 0 radical (unpaired) electrons. The highest BCUT2D eigenvalue weighted by molar-refractivity contribution is 7.89. The molecule has 0 aromatic heterocycles. The van der Waals surface area contributed by atoms with Crippen LogP contribution in [-0.2, 0) is 14.8 Å². The van der Waals surface area contributed by atoms with E-state index in [4.69, 9.17) is 4.74 Å². The van der Waals surface area contributed by atoms with E-state index in [0.29, 0.717) is 19.2 Å². The predicted octanol–water partition coefficient (Wildman–Crippen LogP) is 1.21. The van der Waals surface area contributed by atoms with Crippen LogP contribution in [-0.4, -0.2) is 57.9 Å². The molecule has 5 nitrogen and oxygen atoms in total. The Morgan fingerprint density at radius 1 is 1.25 bits per heavy atom. The number of nitrogens with zero attached hydrogens (tertiary/aromatic N) is 1. The van der Waals surface area contributed by atoms with E-state index < -0.39 is 10.0 Å². The molecule has 1 atom stereocenters. The number of ether oxygens (including phenoxy) is 1. The molecule has 20 heavy (non-hydrogen) atoms. The number of nitrogens with one attached hydrogen (secondary N) is 1. The zero-order valence-corrected chi connectivity index (χ0v) is 13.3. The summed E-state index contributed by atoms with van der Waals surface area (Å²) in [5.74, 6) is 0.971. The Kier molecular flexibility index (Phi) is 6.26. The third-order valence-corrected chi connectivity index (χ3v) is 6.10. The molecular formula is C14H28N2O3S. The van der Waals surface area contributed by atoms with Gasteiger partial charge in [0.05, 0.1) is 12.4 Å². The quantitative estimate of drug-likeness (QED) is 0.651. The van der Waals surface area contributed by atoms with E-state index in [-0.39, 0.29) is 5.75 Å². The van der Waals surface area contributed by atoms with Crippen LogP contribution < -0.4 is 5.32 Å². The van der Waals surface area contributed by atoms with Gasteiger partial charge in [-0.25, -0.2) is 12.7 Å². The average Bonchev–Trinajstić information content (AvgIpc) is 3.26. The van der Waals surface area contributed by atoms with Gasteiger partial charge in [-0.05, 0) is 44.6 Å². The van der Waals surface area contributed by atoms with Gasteiger partial charge in [0.1, 0.15) is 0 Å². The van der Waals surface area contributed by atoms with Crippen molar-refractivity contribution in [2.75, 3.05) is 39.1 Å². The molecule has 1 aliphatic heterocycles. The van der Waals surface area contributed by atoms with Crippen molar-refractivity contribution in [2.24, 2.45) is 5.92 Å². The second-order valence-corrected chi connectivity index (χ2v) is 8.29. The zero-order valence-electron chi connectivity index (χ0n) is 12.5. The van der Waals surface area contributed by atoms with Gasteiger partial charge < -0.3 is 10.1 Å². The molecule has 1 saturated heterocycles. The first-order chi connectivity index (χ1) is 9.58. The van der Waals surface area contributed by atoms with Gasteiger partial charge in [-0.15, -0.1) is 0 Å². The highest BCUT2D eigenvalue weighted by Crippen LogP contribution is 2.28. The van der Waals surface area contributed by atoms with Gasteiger partial charge in [-0.3, -0.25) is 0 Å². The standard InChI is InChI=1S/C14H28N2O3S/c1-16(9-10-19-12-13-5-6-13)20(17,18)11-7-14-4-2-3-8-15-14/h13-15H,2-12H2,1H3. The molecule has 0 aromatic rings. The maximum atomic E-state index is 12.2. The fraction of sp³-hybridized carbons (Fsp3) is 1.00. The summed E-state index contributed by atoms with van der Waals surface area (Å²) in [6.07, 6.45) is 6.77. The normalized spacial score (nSPS) is 24.2. The van der Waals surface area contributed by atoms with E-state index in [1.165, 1.54) is 30.0 Å². The SMILES string of the molecule is CN(CCOCC1CC1)S(=O)(=O)CCC1CCCCN1. The van der Waals surface area contributed by atoms with Crippen LogP contribution in [0, 0.1) is 5.92 Å². The lowest BCUT2D eigenvalue weighted by Gasteiger charge is -2.24. The minimum atomic E-state index is -3.13. The lowest BCUT2D eigenvalue weighted by atomic mass is 10.0. The summed E-state index contributed by atoms with van der Waals surface area (Å²) in [5.41, 5.74) is 0. The molecule has 2 fully saturated rings. The smallest absolute Gasteiger partial charge is 0.213 e. The summed E-state index contributed by atoms with van der Waals surface area (Å²) in [7, 11) is -1.47. The van der Waals surface area contributed by atoms with Crippen molar-refractivity contribution >= 4 is 10.0 Å². The molecule has 1 saturated carbocycles. The van der Waals surface area contributed by atoms with Crippen LogP contribution in [0.15, 0.2) is 0 Å². The van der Waals surface area contributed by atoms with Gasteiger partial charge in [-0.2, -0.15) is 0 Å². The van der Waals surface area contributed by atoms with Crippen molar-refractivity contribution in [1.29, 1.82) is 0 Å². The molecular weight excluding hydrogens is 276 g/mol. The van der Waals surface area contributed by atoms with E-state index >= 15 is 0 Å². The summed E-state index contributed by atoms with van der Waals surface area (Å²) < 4.78 is 31.3. The molecule has 1 unspecified atom stereocenters. The lowest BCUT2D eigenvalue weighted by Crippen LogP contribution is -2.38. The molecule has 2 aliphatic rings. The van der Waals surface area contributed by atoms with Gasteiger partial charge in [-0.1, -0.05) is 6.42 Å². The van der Waals surface area contributed by atoms with Crippen LogP contribution in [0.25, 0.3) is 0 Å². The van der Waals surface area contributed by atoms with Crippen LogP contribution in [0.5, 0.6) is 0 Å². The van der Waals surface area contributed by atoms with Crippen molar-refractivity contribution in [3.05, 3.63) is 0 Å². The average molecular weight is 304 g/mol. The second-order valence-electron chi connectivity index (χ2n) is 6.09. The number of likely N-dealkylation sites (N-methyl/N-ethyl adjacent to an activating group) is 1. The number of piperidine rings is 1. The van der Waals surface area contributed by atoms with E-state index in [1.807, 2.05) is 0 Å². The van der Waals surface area contributed by atoms with Gasteiger partial charge in [0.25, 0.3) is 0 Å². The van der Waals surface area contributed by atoms with Crippen LogP contribution in [0.4, 0.5) is 0 Å². The van der Waals surface area contributed by atoms with Crippen LogP contribution in [0.1, 0.15) is 38.5 Å². The Labute approximate surface area is 123 Å². The number of sulfonamides is 1. The maximum Gasteiger partial charge on any atom is 0.213 e. The third-order valence-electron chi connectivity index (χ3n) is 4.21. The molecule has 0 spiro atoms. The fourth-order valence-electron chi connectivity index (χ4n) is 2.48. The third kappa shape index (κ3) is 5.68. The van der Waals surface area contributed by atoms with Crippen LogP contribution in [0.2, 0.25) is 0 Å². The van der Waals surface area contributed by atoms with E-state index in [2.05, 4.69) is 5.32 Å². The van der Waals surface area contributed by atoms with E-state index in [0.717, 1.165) is 31.9 Å². The van der Waals surface area contributed by atoms with Crippen LogP contribution >= 0.6 is 0 Å². The number of hydrogen-bond donors (Lipinski definition) is 1. The van der Waals surface area contributed by atoms with Gasteiger partial charge in [0.2, 0.25) is 10.0 Å². The molecule has 0 amide bonds. The highest BCUT2D eigenvalue weighted by atomic mass is 32.2. The molecule has 118 valence electrons. The minimum Gasteiger partial charge on any atom is -0.380 e. The monoisotopic (exact) mass is 304 g/mol. The first-order valence-corrected chi connectivity index (χ1v) is 9.44. The summed E-state index contributed by atoms with van der Waals surface area (Å²) in [4.78, 5) is 0. The Balaban J connectivity index is 1.62. The Bertz CT molecular complexity index is 376. The molecule has 0 bridgehead atoms. The van der Waals surface area contributed by atoms with Gasteiger partial charge in [0, 0.05) is 26.2 Å². The number of rotatable bonds is 9. The lowest BCUT2D eigenvalue weighted by molar-refractivity contribution is 0.117. The number of hydrogen-bond acceptors (Lipinski definition) is 4. The Hall–Kier alpha value is -0.170. The van der Waals surface area contributed by atoms with Crippen molar-refractivity contribution in [2.45, 2.75) is 44.6 Å². The summed E-state index contributed by atoms with van der Waals surface area (Å²) in [6.45, 7) is 2.79. The highest BCUT2D eigenvalue weighted by Gasteiger charge is 2.23. The maximum absolute atomic E-state index is 12.2. The fourth-order valence-corrected chi connectivity index (χ4v) is 3.73. The van der Waals surface area contributed by atoms with Crippen molar-refractivity contribution in [3.63, 3.8) is 0 Å². The molecule has 6 heteroatoms. The summed E-state index contributed by atoms with van der Waals surface area (Å²) in [6, 6.07) is 0.373. The molecule has 1 N–H and O–H groups in total. The zero-order chi connectivity index (χ0) is 14.4. The van der Waals surface area contributed by atoms with Gasteiger partial charge in [0.15, 0.2) is 0 Å². The molecule has 2 rings (SSSR count). The molecule has 0 aromatic carbocycles. The predicted molar refractivity (Wildman–Crippen MR) is 80.2 cm³/mol. The minimum absolute atomic E-state index is 0.240. The summed E-state index contributed by atoms with van der Waals surface area (Å²) >= 11 is 0. The van der Waals surface area contributed by atoms with Crippen molar-refractivity contribution in [3.8, 4) is 0 Å². The van der Waals surface area contributed by atoms with Crippen LogP contribution in [0.3, 0.4) is 0 Å². The first-order valence-electron chi connectivity index (χ1n) is 7.83. The largest absolute Gasteiger partial charge is 0.380 e. The second kappa shape index (κ2) is 7.73. The topological polar surface area (TPSA) is 58.6 Å². The molecule has 1 heterocycles. The van der Waals surface area contributed by atoms with Gasteiger partial charge >= 0.3 is 0 Å². The Morgan fingerprint density at radius 3 is 2.70 bits per heavy atom.